The zero-order valence-corrected chi connectivity index (χ0v) is 11.3. The van der Waals surface area contributed by atoms with Crippen LogP contribution in [0.25, 0.3) is 0 Å². The van der Waals surface area contributed by atoms with E-state index in [-0.39, 0.29) is 59.1 Å². The molecule has 0 unspecified atom stereocenters. The molecule has 0 aromatic carbocycles. The van der Waals surface area contributed by atoms with Gasteiger partial charge in [-0.25, -0.2) is 0 Å². The van der Waals surface area contributed by atoms with Crippen LogP contribution in [0.15, 0.2) is 12.7 Å². The summed E-state index contributed by atoms with van der Waals surface area (Å²) in [5.41, 5.74) is 0. The van der Waals surface area contributed by atoms with Crippen LogP contribution < -0.4 is 74.0 Å². The minimum absolute atomic E-state index is 0. The van der Waals surface area contributed by atoms with Gasteiger partial charge in [0.2, 0.25) is 5.91 Å². The maximum atomic E-state index is 10.0. The van der Waals surface area contributed by atoms with Crippen LogP contribution in [0.2, 0.25) is 0 Å². The molecular formula is C3H4NNa2O4P. The Morgan fingerprint density at radius 1 is 1.45 bits per heavy atom. The van der Waals surface area contributed by atoms with Crippen LogP contribution in [0.4, 0.5) is 0 Å². The van der Waals surface area contributed by atoms with Gasteiger partial charge in [-0.3, -0.25) is 4.79 Å². The van der Waals surface area contributed by atoms with Crippen molar-refractivity contribution in [2.24, 2.45) is 0 Å². The van der Waals surface area contributed by atoms with Gasteiger partial charge >= 0.3 is 59.1 Å². The first-order chi connectivity index (χ1) is 3.95. The summed E-state index contributed by atoms with van der Waals surface area (Å²) in [6.07, 6.45) is 0.697. The molecule has 8 heteroatoms. The fraction of sp³-hybridized carbons (Fsp3) is 0. The van der Waals surface area contributed by atoms with E-state index in [2.05, 4.69) is 6.58 Å². The monoisotopic (exact) mass is 195 g/mol. The van der Waals surface area contributed by atoms with Crippen LogP contribution >= 0.6 is 7.75 Å². The molecule has 0 rings (SSSR count). The fourth-order valence-electron chi connectivity index (χ4n) is 0.181. The number of amides is 1. The second-order valence-electron chi connectivity index (χ2n) is 1.18. The Bertz CT molecular complexity index is 178. The molecule has 1 amide bonds. The maximum Gasteiger partial charge on any atom is 1.00 e. The number of carbonyl (C=O) groups is 1. The molecule has 0 aromatic heterocycles. The molecule has 0 aromatic rings. The van der Waals surface area contributed by atoms with Gasteiger partial charge in [0.05, 0.1) is 0 Å². The molecule has 0 aliphatic heterocycles. The average Bonchev–Trinajstić information content (AvgIpc) is 1.62. The molecule has 11 heavy (non-hydrogen) atoms. The van der Waals surface area contributed by atoms with Gasteiger partial charge in [-0.1, -0.05) is 6.58 Å². The molecule has 0 spiro atoms. The first kappa shape index (κ1) is 18.2. The summed E-state index contributed by atoms with van der Waals surface area (Å²) in [5, 5.41) is 1.16. The molecule has 0 aliphatic rings. The first-order valence-corrected chi connectivity index (χ1v) is 3.47. The summed E-state index contributed by atoms with van der Waals surface area (Å²) in [6.45, 7) is 2.93. The van der Waals surface area contributed by atoms with Crippen molar-refractivity contribution in [1.29, 1.82) is 0 Å². The molecule has 0 bridgehead atoms. The minimum Gasteiger partial charge on any atom is -0.795 e. The third-order valence-corrected chi connectivity index (χ3v) is 0.927. The zero-order chi connectivity index (χ0) is 7.49. The summed E-state index contributed by atoms with van der Waals surface area (Å²) in [4.78, 5) is 29.4. The summed E-state index contributed by atoms with van der Waals surface area (Å²) in [6, 6.07) is 0. The molecule has 0 saturated carbocycles. The van der Waals surface area contributed by atoms with Gasteiger partial charge in [0.1, 0.15) is 0 Å². The molecule has 52 valence electrons. The van der Waals surface area contributed by atoms with Crippen molar-refractivity contribution in [2.75, 3.05) is 0 Å². The Balaban J connectivity index is -0.000000320. The standard InChI is InChI=1S/C3H6NO4P.2Na/c1-2-3(5)4-9(6,7)8;;/h2H,1H2,(H3,4,5,6,7,8);;/q;2*+1/p-2. The van der Waals surface area contributed by atoms with E-state index in [1.54, 1.807) is 0 Å². The second kappa shape index (κ2) is 7.98. The maximum absolute atomic E-state index is 10.0. The SMILES string of the molecule is C=CC(=O)NP(=O)([O-])[O-].[Na+].[Na+]. The smallest absolute Gasteiger partial charge is 0.795 e. The zero-order valence-electron chi connectivity index (χ0n) is 6.36. The van der Waals surface area contributed by atoms with Crippen molar-refractivity contribution in [3.63, 3.8) is 0 Å². The quantitative estimate of drug-likeness (QED) is 0.269. The third-order valence-electron chi connectivity index (χ3n) is 0.433. The van der Waals surface area contributed by atoms with Crippen molar-refractivity contribution < 1.29 is 78.3 Å². The van der Waals surface area contributed by atoms with E-state index in [4.69, 9.17) is 0 Å². The van der Waals surface area contributed by atoms with E-state index in [1.165, 1.54) is 0 Å². The molecule has 5 nitrogen and oxygen atoms in total. The second-order valence-corrected chi connectivity index (χ2v) is 2.40. The number of nitrogens with one attached hydrogen (secondary N) is 1. The van der Waals surface area contributed by atoms with Crippen molar-refractivity contribution in [3.05, 3.63) is 12.7 Å². The molecule has 0 fully saturated rings. The molecule has 0 saturated heterocycles. The average molecular weight is 195 g/mol. The number of hydrogen-bond acceptors (Lipinski definition) is 4. The van der Waals surface area contributed by atoms with Crippen LogP contribution in [0.1, 0.15) is 0 Å². The first-order valence-electron chi connectivity index (χ1n) is 1.92. The summed E-state index contributed by atoms with van der Waals surface area (Å²) in [5.74, 6) is -1.01. The van der Waals surface area contributed by atoms with Gasteiger partial charge in [-0.05, 0) is 6.08 Å². The van der Waals surface area contributed by atoms with Crippen molar-refractivity contribution >= 4 is 13.7 Å². The largest absolute Gasteiger partial charge is 1.00 e. The number of carbonyl (C=O) groups excluding carboxylic acids is 1. The predicted molar refractivity (Wildman–Crippen MR) is 25.9 cm³/mol. The molecule has 0 heterocycles. The van der Waals surface area contributed by atoms with Crippen LogP contribution in [-0.2, 0) is 9.36 Å². The van der Waals surface area contributed by atoms with E-state index < -0.39 is 13.7 Å². The van der Waals surface area contributed by atoms with Gasteiger partial charge in [0.25, 0.3) is 0 Å². The minimum atomic E-state index is -4.91. The van der Waals surface area contributed by atoms with Crippen molar-refractivity contribution in [2.45, 2.75) is 0 Å². The van der Waals surface area contributed by atoms with E-state index >= 15 is 0 Å². The van der Waals surface area contributed by atoms with Gasteiger partial charge in [0.15, 0.2) is 0 Å². The third kappa shape index (κ3) is 14.2. The Morgan fingerprint density at radius 2 is 1.82 bits per heavy atom. The van der Waals surface area contributed by atoms with Gasteiger partial charge < -0.3 is 19.4 Å². The topological polar surface area (TPSA) is 92.3 Å². The normalized spacial score (nSPS) is 8.55. The Morgan fingerprint density at radius 3 is 1.91 bits per heavy atom. The van der Waals surface area contributed by atoms with Crippen LogP contribution in [0, 0.1) is 0 Å². The summed E-state index contributed by atoms with van der Waals surface area (Å²) in [7, 11) is -4.91. The van der Waals surface area contributed by atoms with E-state index in [0.29, 0.717) is 6.08 Å². The van der Waals surface area contributed by atoms with Crippen molar-refractivity contribution in [3.8, 4) is 0 Å². The van der Waals surface area contributed by atoms with E-state index in [1.807, 2.05) is 0 Å². The number of hydrogen-bond donors (Lipinski definition) is 1. The van der Waals surface area contributed by atoms with Crippen LogP contribution in [-0.4, -0.2) is 5.91 Å². The summed E-state index contributed by atoms with van der Waals surface area (Å²) < 4.78 is 9.69. The van der Waals surface area contributed by atoms with Crippen LogP contribution in [0.3, 0.4) is 0 Å². The fourth-order valence-corrected chi connectivity index (χ4v) is 0.542. The Labute approximate surface area is 108 Å². The Kier molecular flexibility index (Phi) is 13.2. The molecule has 0 radical (unpaired) electrons. The molecule has 1 N–H and O–H groups in total. The van der Waals surface area contributed by atoms with Gasteiger partial charge in [-0.15, -0.1) is 0 Å². The molecular weight excluding hydrogens is 191 g/mol. The molecule has 0 aliphatic carbocycles. The Hall–Kier alpha value is 1.36. The molecule has 0 atom stereocenters. The van der Waals surface area contributed by atoms with Gasteiger partial charge in [-0.2, -0.15) is 0 Å². The summed E-state index contributed by atoms with van der Waals surface area (Å²) >= 11 is 0. The van der Waals surface area contributed by atoms with Gasteiger partial charge in [0, 0.05) is 7.75 Å². The van der Waals surface area contributed by atoms with E-state index in [0.717, 1.165) is 5.09 Å². The van der Waals surface area contributed by atoms with E-state index in [9.17, 15) is 19.1 Å². The van der Waals surface area contributed by atoms with Crippen LogP contribution in [0.5, 0.6) is 0 Å². The van der Waals surface area contributed by atoms with Crippen molar-refractivity contribution in [1.82, 2.24) is 5.09 Å². The number of rotatable bonds is 2. The predicted octanol–water partition coefficient (Wildman–Crippen LogP) is -7.87.